The Kier molecular flexibility index (Phi) is 12.9. The van der Waals surface area contributed by atoms with Crippen LogP contribution < -0.4 is 5.32 Å². The van der Waals surface area contributed by atoms with Crippen LogP contribution in [0.1, 0.15) is 87.2 Å². The molecule has 1 aromatic heterocycles. The van der Waals surface area contributed by atoms with Crippen LogP contribution in [-0.4, -0.2) is 73.8 Å². The number of nitrogens with one attached hydrogen (secondary N) is 1. The van der Waals surface area contributed by atoms with Crippen molar-refractivity contribution in [2.75, 3.05) is 19.6 Å². The highest BCUT2D eigenvalue weighted by Crippen LogP contribution is 2.36. The van der Waals surface area contributed by atoms with Crippen LogP contribution in [0.2, 0.25) is 0 Å². The summed E-state index contributed by atoms with van der Waals surface area (Å²) in [6.07, 6.45) is 8.38. The van der Waals surface area contributed by atoms with Gasteiger partial charge in [0.1, 0.15) is 11.6 Å². The number of carbonyl (C=O) groups excluding carboxylic acids is 2. The largest absolute Gasteiger partial charge is 0.390 e. The molecule has 0 unspecified atom stereocenters. The predicted octanol–water partition coefficient (Wildman–Crippen LogP) is 4.99. The van der Waals surface area contributed by atoms with Crippen molar-refractivity contribution >= 4 is 36.6 Å². The number of likely N-dealkylation sites (tertiary alicyclic amines) is 1. The normalized spacial score (nSPS) is 21.7. The van der Waals surface area contributed by atoms with Gasteiger partial charge in [-0.2, -0.15) is 5.10 Å². The second-order valence-electron chi connectivity index (χ2n) is 12.6. The van der Waals surface area contributed by atoms with Crippen LogP contribution >= 0.6 is 24.8 Å². The Bertz CT molecular complexity index is 1190. The third-order valence-electron chi connectivity index (χ3n) is 10.0. The first-order valence-corrected chi connectivity index (χ1v) is 15.9. The molecule has 2 aromatic rings. The maximum atomic E-state index is 13.9. The van der Waals surface area contributed by atoms with Crippen molar-refractivity contribution in [3.05, 3.63) is 52.8 Å². The van der Waals surface area contributed by atoms with Crippen LogP contribution in [0.15, 0.2) is 30.3 Å². The van der Waals surface area contributed by atoms with Gasteiger partial charge >= 0.3 is 0 Å². The van der Waals surface area contributed by atoms with Gasteiger partial charge in [-0.05, 0) is 63.9 Å². The van der Waals surface area contributed by atoms with E-state index in [-0.39, 0.29) is 42.5 Å². The van der Waals surface area contributed by atoms with Gasteiger partial charge in [0.2, 0.25) is 11.8 Å². The second-order valence-corrected chi connectivity index (χ2v) is 12.6. The van der Waals surface area contributed by atoms with E-state index < -0.39 is 17.7 Å². The topological polar surface area (TPSA) is 90.7 Å². The number of benzene rings is 1. The summed E-state index contributed by atoms with van der Waals surface area (Å²) in [7, 11) is 0. The number of aliphatic hydroxyl groups is 1. The van der Waals surface area contributed by atoms with Gasteiger partial charge in [0, 0.05) is 44.0 Å². The van der Waals surface area contributed by atoms with Crippen molar-refractivity contribution in [2.45, 2.75) is 116 Å². The van der Waals surface area contributed by atoms with Crippen LogP contribution in [0.4, 0.5) is 0 Å². The summed E-state index contributed by atoms with van der Waals surface area (Å²) in [5.74, 6) is -0.0771. The molecule has 3 fully saturated rings. The molecule has 2 saturated heterocycles. The molecule has 2 aliphatic heterocycles. The van der Waals surface area contributed by atoms with Crippen molar-refractivity contribution in [3.8, 4) is 0 Å². The number of halogens is 2. The lowest BCUT2D eigenvalue weighted by molar-refractivity contribution is -0.166. The zero-order valence-corrected chi connectivity index (χ0v) is 27.7. The third-order valence-corrected chi connectivity index (χ3v) is 10.0. The molecule has 2 amide bonds. The molecule has 240 valence electrons. The Morgan fingerprint density at radius 1 is 1.02 bits per heavy atom. The summed E-state index contributed by atoms with van der Waals surface area (Å²) in [4.78, 5) is 32.0. The van der Waals surface area contributed by atoms with Gasteiger partial charge in [-0.15, -0.1) is 24.8 Å². The fraction of sp³-hybridized carbons (Fsp3) is 0.667. The number of hydrogen-bond donors (Lipinski definition) is 2. The summed E-state index contributed by atoms with van der Waals surface area (Å²) in [6.45, 7) is 10.1. The lowest BCUT2D eigenvalue weighted by Crippen LogP contribution is -2.75. The molecule has 1 saturated carbocycles. The van der Waals surface area contributed by atoms with E-state index in [2.05, 4.69) is 59.9 Å². The average molecular weight is 637 g/mol. The number of piperidine rings is 1. The van der Waals surface area contributed by atoms with Crippen LogP contribution in [0.5, 0.6) is 0 Å². The minimum absolute atomic E-state index is 0. The molecule has 0 radical (unpaired) electrons. The third kappa shape index (κ3) is 7.58. The summed E-state index contributed by atoms with van der Waals surface area (Å²) in [5.41, 5.74) is 4.01. The number of carbonyl (C=O) groups is 2. The number of unbranched alkanes of at least 4 members (excludes halogenated alkanes) is 1. The SMILES string of the molecule is CCCCN1C(=O)[C@@H]([C@H](O)C2CCCCC2)NC(=O)C12CCN(Cc1c(C)nn(CCc3ccccc3)c1C)CC2.Cl.Cl. The number of aliphatic hydroxyl groups excluding tert-OH is 1. The molecule has 1 aliphatic carbocycles. The smallest absolute Gasteiger partial charge is 0.248 e. The van der Waals surface area contributed by atoms with E-state index in [1.807, 2.05) is 11.0 Å². The number of nitrogens with zero attached hydrogens (tertiary/aromatic N) is 4. The zero-order valence-electron chi connectivity index (χ0n) is 26.1. The van der Waals surface area contributed by atoms with Gasteiger partial charge in [0.15, 0.2) is 0 Å². The van der Waals surface area contributed by atoms with E-state index in [0.29, 0.717) is 19.4 Å². The summed E-state index contributed by atoms with van der Waals surface area (Å²) in [5, 5.41) is 19.1. The lowest BCUT2D eigenvalue weighted by Gasteiger charge is -2.52. The van der Waals surface area contributed by atoms with E-state index >= 15 is 0 Å². The Balaban J connectivity index is 0.00000253. The Hall–Kier alpha value is -2.13. The van der Waals surface area contributed by atoms with E-state index in [1.54, 1.807) is 0 Å². The van der Waals surface area contributed by atoms with Gasteiger partial charge in [-0.3, -0.25) is 19.2 Å². The molecule has 8 nitrogen and oxygen atoms in total. The highest BCUT2D eigenvalue weighted by atomic mass is 35.5. The Morgan fingerprint density at radius 3 is 2.35 bits per heavy atom. The standard InChI is InChI=1S/C33H49N5O3.2ClH/c1-4-5-19-37-31(40)29(30(39)27-14-10-7-11-15-27)34-32(41)33(37)17-21-36(22-18-33)23-28-24(2)35-38(25(28)3)20-16-26-12-8-6-9-13-26;;/h6,8-9,12-13,27,29-30,39H,4-5,7,10-11,14-23H2,1-3H3,(H,34,41);2*1H/t29-,30-;;/m1../s1. The molecule has 43 heavy (non-hydrogen) atoms. The predicted molar refractivity (Wildman–Crippen MR) is 175 cm³/mol. The molecule has 0 bridgehead atoms. The highest BCUT2D eigenvalue weighted by molar-refractivity contribution is 6.00. The molecule has 10 heteroatoms. The first-order valence-electron chi connectivity index (χ1n) is 15.9. The van der Waals surface area contributed by atoms with E-state index in [4.69, 9.17) is 5.10 Å². The number of piperazine rings is 1. The molecule has 3 heterocycles. The number of aryl methyl sites for hydroxylation is 3. The van der Waals surface area contributed by atoms with Gasteiger partial charge in [0.05, 0.1) is 11.8 Å². The van der Waals surface area contributed by atoms with Crippen LogP contribution in [0, 0.1) is 19.8 Å². The van der Waals surface area contributed by atoms with E-state index in [9.17, 15) is 14.7 Å². The zero-order chi connectivity index (χ0) is 29.0. The number of aromatic nitrogens is 2. The van der Waals surface area contributed by atoms with E-state index in [0.717, 1.165) is 76.8 Å². The monoisotopic (exact) mass is 635 g/mol. The Labute approximate surface area is 269 Å². The highest BCUT2D eigenvalue weighted by Gasteiger charge is 2.55. The van der Waals surface area contributed by atoms with Crippen molar-refractivity contribution in [3.63, 3.8) is 0 Å². The van der Waals surface area contributed by atoms with Crippen LogP contribution in [0.25, 0.3) is 0 Å². The van der Waals surface area contributed by atoms with Crippen LogP contribution in [-0.2, 0) is 29.1 Å². The molecule has 5 rings (SSSR count). The fourth-order valence-corrected chi connectivity index (χ4v) is 7.32. The first-order chi connectivity index (χ1) is 19.8. The van der Waals surface area contributed by atoms with Crippen LogP contribution in [0.3, 0.4) is 0 Å². The minimum atomic E-state index is -0.824. The molecule has 2 N–H and O–H groups in total. The van der Waals surface area contributed by atoms with Gasteiger partial charge < -0.3 is 15.3 Å². The summed E-state index contributed by atoms with van der Waals surface area (Å²) < 4.78 is 2.13. The average Bonchev–Trinajstić information content (AvgIpc) is 3.27. The molecular formula is C33H51Cl2N5O3. The van der Waals surface area contributed by atoms with Crippen molar-refractivity contribution in [1.82, 2.24) is 24.9 Å². The summed E-state index contributed by atoms with van der Waals surface area (Å²) >= 11 is 0. The van der Waals surface area contributed by atoms with E-state index in [1.165, 1.54) is 23.2 Å². The number of amides is 2. The van der Waals surface area contributed by atoms with Gasteiger partial charge in [-0.25, -0.2) is 0 Å². The van der Waals surface area contributed by atoms with Crippen molar-refractivity contribution < 1.29 is 14.7 Å². The first kappa shape index (κ1) is 35.4. The fourth-order valence-electron chi connectivity index (χ4n) is 7.32. The van der Waals surface area contributed by atoms with Crippen molar-refractivity contribution in [2.24, 2.45) is 5.92 Å². The van der Waals surface area contributed by atoms with Crippen molar-refractivity contribution in [1.29, 1.82) is 0 Å². The molecule has 2 atom stereocenters. The second kappa shape index (κ2) is 15.7. The van der Waals surface area contributed by atoms with Gasteiger partial charge in [0.25, 0.3) is 0 Å². The lowest BCUT2D eigenvalue weighted by atomic mass is 9.78. The maximum absolute atomic E-state index is 13.9. The quantitative estimate of drug-likeness (QED) is 0.384. The summed E-state index contributed by atoms with van der Waals surface area (Å²) in [6, 6.07) is 9.69. The molecule has 1 aromatic carbocycles. The maximum Gasteiger partial charge on any atom is 0.248 e. The molecular weight excluding hydrogens is 585 g/mol. The molecule has 3 aliphatic rings. The minimum Gasteiger partial charge on any atom is -0.390 e. The van der Waals surface area contributed by atoms with Gasteiger partial charge in [-0.1, -0.05) is 62.9 Å². The number of hydrogen-bond acceptors (Lipinski definition) is 5. The number of rotatable bonds is 10. The Morgan fingerprint density at radius 2 is 1.70 bits per heavy atom. The molecule has 1 spiro atoms.